The van der Waals surface area contributed by atoms with Crippen LogP contribution in [0.3, 0.4) is 0 Å². The Hall–Kier alpha value is -2.89. The molecule has 2 aromatic carbocycles. The van der Waals surface area contributed by atoms with E-state index in [4.69, 9.17) is 9.47 Å². The van der Waals surface area contributed by atoms with Gasteiger partial charge in [-0.1, -0.05) is 19.1 Å². The van der Waals surface area contributed by atoms with Crippen molar-refractivity contribution in [2.24, 2.45) is 0 Å². The van der Waals surface area contributed by atoms with Crippen molar-refractivity contribution in [3.8, 4) is 17.2 Å². The Balaban J connectivity index is 2.14. The van der Waals surface area contributed by atoms with Crippen LogP contribution in [0.4, 0.5) is 5.69 Å². The molecule has 1 amide bonds. The fourth-order valence-corrected chi connectivity index (χ4v) is 3.24. The molecule has 0 radical (unpaired) electrons. The van der Waals surface area contributed by atoms with Crippen LogP contribution in [0.25, 0.3) is 0 Å². The highest BCUT2D eigenvalue weighted by Gasteiger charge is 2.36. The first-order chi connectivity index (χ1) is 12.5. The molecule has 26 heavy (non-hydrogen) atoms. The van der Waals surface area contributed by atoms with E-state index in [-0.39, 0.29) is 17.7 Å². The van der Waals surface area contributed by atoms with Gasteiger partial charge < -0.3 is 24.8 Å². The van der Waals surface area contributed by atoms with Gasteiger partial charge in [0.25, 0.3) is 5.91 Å². The molecule has 1 heterocycles. The number of para-hydroxylation sites is 1. The molecule has 1 aliphatic rings. The van der Waals surface area contributed by atoms with Crippen molar-refractivity contribution in [2.45, 2.75) is 32.5 Å². The smallest absolute Gasteiger partial charge is 0.258 e. The van der Waals surface area contributed by atoms with Crippen LogP contribution >= 0.6 is 0 Å². The summed E-state index contributed by atoms with van der Waals surface area (Å²) in [6, 6.07) is 11.0. The predicted molar refractivity (Wildman–Crippen MR) is 99.9 cm³/mol. The average Bonchev–Trinajstić information content (AvgIpc) is 2.67. The zero-order valence-electron chi connectivity index (χ0n) is 15.4. The van der Waals surface area contributed by atoms with Gasteiger partial charge in [0.2, 0.25) is 5.75 Å². The summed E-state index contributed by atoms with van der Waals surface area (Å²) in [5.74, 6) is 0.522. The molecular formula is C20H24N2O4. The molecule has 0 saturated heterocycles. The highest BCUT2D eigenvalue weighted by Crippen LogP contribution is 2.42. The van der Waals surface area contributed by atoms with Crippen molar-refractivity contribution in [2.75, 3.05) is 19.5 Å². The molecule has 3 rings (SSSR count). The van der Waals surface area contributed by atoms with Crippen molar-refractivity contribution in [3.05, 3.63) is 47.5 Å². The number of phenols is 1. The van der Waals surface area contributed by atoms with Crippen LogP contribution < -0.4 is 14.8 Å². The van der Waals surface area contributed by atoms with Gasteiger partial charge in [-0.3, -0.25) is 4.79 Å². The van der Waals surface area contributed by atoms with Crippen molar-refractivity contribution in [1.82, 2.24) is 4.90 Å². The molecule has 2 atom stereocenters. The predicted octanol–water partition coefficient (Wildman–Crippen LogP) is 3.77. The Bertz CT molecular complexity index is 796. The number of carbonyl (C=O) groups excluding carboxylic acids is 1. The Kier molecular flexibility index (Phi) is 4.93. The quantitative estimate of drug-likeness (QED) is 0.853. The standard InChI is InChI=1S/C20H24N2O4/c1-5-12(2)22-19(21-15-9-7-6-8-14(15)20(22)24)13-10-16(25-3)18(23)17(11-13)26-4/h6-12,19,21,23H,5H2,1-4H3/t12-,19-/m0/s1. The molecular weight excluding hydrogens is 332 g/mol. The van der Waals surface area contributed by atoms with Gasteiger partial charge in [0.15, 0.2) is 11.5 Å². The van der Waals surface area contributed by atoms with Gasteiger partial charge in [-0.15, -0.1) is 0 Å². The molecule has 0 bridgehead atoms. The summed E-state index contributed by atoms with van der Waals surface area (Å²) in [4.78, 5) is 15.0. The molecule has 6 heteroatoms. The first kappa shape index (κ1) is 17.9. The number of rotatable bonds is 5. The Morgan fingerprint density at radius 3 is 2.38 bits per heavy atom. The number of nitrogens with one attached hydrogen (secondary N) is 1. The third-order valence-electron chi connectivity index (χ3n) is 4.85. The number of anilines is 1. The number of hydrogen-bond donors (Lipinski definition) is 2. The van der Waals surface area contributed by atoms with Gasteiger partial charge in [-0.25, -0.2) is 0 Å². The number of amides is 1. The molecule has 1 aliphatic heterocycles. The highest BCUT2D eigenvalue weighted by molar-refractivity contribution is 6.01. The molecule has 2 aromatic rings. The van der Waals surface area contributed by atoms with Crippen LogP contribution in [-0.2, 0) is 0 Å². The molecule has 6 nitrogen and oxygen atoms in total. The lowest BCUT2D eigenvalue weighted by Gasteiger charge is -2.41. The van der Waals surface area contributed by atoms with E-state index in [9.17, 15) is 9.90 Å². The lowest BCUT2D eigenvalue weighted by Crippen LogP contribution is -2.47. The number of methoxy groups -OCH3 is 2. The number of aromatic hydroxyl groups is 1. The van der Waals surface area contributed by atoms with Gasteiger partial charge in [-0.2, -0.15) is 0 Å². The summed E-state index contributed by atoms with van der Waals surface area (Å²) in [6.07, 6.45) is 0.425. The lowest BCUT2D eigenvalue weighted by atomic mass is 10.00. The summed E-state index contributed by atoms with van der Waals surface area (Å²) >= 11 is 0. The number of phenolic OH excluding ortho intramolecular Hbond substituents is 1. The van der Waals surface area contributed by atoms with Gasteiger partial charge in [0.05, 0.1) is 19.8 Å². The van der Waals surface area contributed by atoms with Gasteiger partial charge in [-0.05, 0) is 37.6 Å². The van der Waals surface area contributed by atoms with Crippen LogP contribution in [-0.4, -0.2) is 36.2 Å². The molecule has 138 valence electrons. The van der Waals surface area contributed by atoms with Crippen molar-refractivity contribution in [1.29, 1.82) is 0 Å². The molecule has 2 N–H and O–H groups in total. The Morgan fingerprint density at radius 2 is 1.81 bits per heavy atom. The van der Waals surface area contributed by atoms with E-state index in [2.05, 4.69) is 5.32 Å². The molecule has 0 unspecified atom stereocenters. The van der Waals surface area contributed by atoms with Crippen LogP contribution in [0.1, 0.15) is 42.4 Å². The fraction of sp³-hybridized carbons (Fsp3) is 0.350. The van der Waals surface area contributed by atoms with Crippen molar-refractivity contribution < 1.29 is 19.4 Å². The minimum absolute atomic E-state index is 0.0234. The van der Waals surface area contributed by atoms with E-state index in [0.29, 0.717) is 17.1 Å². The third-order valence-corrected chi connectivity index (χ3v) is 4.85. The summed E-state index contributed by atoms with van der Waals surface area (Å²) < 4.78 is 10.6. The zero-order valence-corrected chi connectivity index (χ0v) is 15.4. The third kappa shape index (κ3) is 2.92. The van der Waals surface area contributed by atoms with Crippen LogP contribution in [0.2, 0.25) is 0 Å². The first-order valence-electron chi connectivity index (χ1n) is 8.64. The summed E-state index contributed by atoms with van der Waals surface area (Å²) in [5, 5.41) is 13.6. The van der Waals surface area contributed by atoms with Crippen molar-refractivity contribution >= 4 is 11.6 Å². The molecule has 0 saturated carbocycles. The first-order valence-corrected chi connectivity index (χ1v) is 8.64. The normalized spacial score (nSPS) is 17.3. The largest absolute Gasteiger partial charge is 0.502 e. The van der Waals surface area contributed by atoms with E-state index in [1.54, 1.807) is 12.1 Å². The van der Waals surface area contributed by atoms with Gasteiger partial charge in [0.1, 0.15) is 6.17 Å². The minimum atomic E-state index is -0.393. The second-order valence-electron chi connectivity index (χ2n) is 6.34. The van der Waals surface area contributed by atoms with Crippen LogP contribution in [0.5, 0.6) is 17.2 Å². The van der Waals surface area contributed by atoms with E-state index < -0.39 is 6.17 Å². The highest BCUT2D eigenvalue weighted by atomic mass is 16.5. The van der Waals surface area contributed by atoms with Crippen LogP contribution in [0.15, 0.2) is 36.4 Å². The zero-order chi connectivity index (χ0) is 18.8. The number of nitrogens with zero attached hydrogens (tertiary/aromatic N) is 1. The maximum Gasteiger partial charge on any atom is 0.258 e. The molecule has 0 fully saturated rings. The van der Waals surface area contributed by atoms with E-state index in [1.807, 2.05) is 43.0 Å². The van der Waals surface area contributed by atoms with E-state index in [0.717, 1.165) is 17.7 Å². The number of ether oxygens (including phenoxy) is 2. The molecule has 0 aromatic heterocycles. The SMILES string of the molecule is CC[C@H](C)N1C(=O)c2ccccc2N[C@@H]1c1cc(OC)c(O)c(OC)c1. The number of fused-ring (bicyclic) bond motifs is 1. The topological polar surface area (TPSA) is 71.0 Å². The van der Waals surface area contributed by atoms with Gasteiger partial charge in [0, 0.05) is 17.3 Å². The number of benzene rings is 2. The molecule has 0 aliphatic carbocycles. The van der Waals surface area contributed by atoms with Crippen molar-refractivity contribution in [3.63, 3.8) is 0 Å². The second kappa shape index (κ2) is 7.15. The van der Waals surface area contributed by atoms with Gasteiger partial charge >= 0.3 is 0 Å². The monoisotopic (exact) mass is 356 g/mol. The minimum Gasteiger partial charge on any atom is -0.502 e. The summed E-state index contributed by atoms with van der Waals surface area (Å²) in [7, 11) is 2.97. The number of hydrogen-bond acceptors (Lipinski definition) is 5. The van der Waals surface area contributed by atoms with E-state index in [1.165, 1.54) is 14.2 Å². The Morgan fingerprint density at radius 1 is 1.19 bits per heavy atom. The van der Waals surface area contributed by atoms with E-state index >= 15 is 0 Å². The number of carbonyl (C=O) groups is 1. The molecule has 0 spiro atoms. The van der Waals surface area contributed by atoms with Crippen LogP contribution in [0, 0.1) is 0 Å². The summed E-state index contributed by atoms with van der Waals surface area (Å²) in [5.41, 5.74) is 2.22. The second-order valence-corrected chi connectivity index (χ2v) is 6.34. The Labute approximate surface area is 153 Å². The maximum absolute atomic E-state index is 13.2. The lowest BCUT2D eigenvalue weighted by molar-refractivity contribution is 0.0593. The average molecular weight is 356 g/mol. The maximum atomic E-state index is 13.2. The fourth-order valence-electron chi connectivity index (χ4n) is 3.24. The summed E-state index contributed by atoms with van der Waals surface area (Å²) in [6.45, 7) is 4.07.